The number of para-hydroxylation sites is 3. The van der Waals surface area contributed by atoms with Crippen LogP contribution in [0.15, 0.2) is 84.9 Å². The van der Waals surface area contributed by atoms with Crippen LogP contribution in [0.2, 0.25) is 0 Å². The Morgan fingerprint density at radius 2 is 1.34 bits per heavy atom. The summed E-state index contributed by atoms with van der Waals surface area (Å²) in [5.41, 5.74) is -0.809. The number of benzene rings is 3. The van der Waals surface area contributed by atoms with Crippen LogP contribution < -0.4 is 13.8 Å². The maximum Gasteiger partial charge on any atom is 0.445 e. The molecule has 0 amide bonds. The first-order chi connectivity index (χ1) is 14.0. The van der Waals surface area contributed by atoms with E-state index in [1.807, 2.05) is 0 Å². The van der Waals surface area contributed by atoms with Crippen molar-refractivity contribution in [1.29, 1.82) is 0 Å². The van der Waals surface area contributed by atoms with Crippen LogP contribution in [0.4, 0.5) is 0 Å². The van der Waals surface area contributed by atoms with Gasteiger partial charge in [0.2, 0.25) is 6.54 Å². The molecule has 0 heterocycles. The largest absolute Gasteiger partial charge is 0.496 e. The number of nitrogens with zero attached hydrogens (tertiary/aromatic N) is 1. The predicted octanol–water partition coefficient (Wildman–Crippen LogP) is 5.36. The summed E-state index contributed by atoms with van der Waals surface area (Å²) < 4.78 is 31.0. The molecule has 3 aromatic rings. The average molecular weight is 413 g/mol. The van der Waals surface area contributed by atoms with Crippen molar-refractivity contribution in [2.24, 2.45) is 0 Å². The van der Waals surface area contributed by atoms with Crippen LogP contribution in [0.5, 0.6) is 17.2 Å². The van der Waals surface area contributed by atoms with Gasteiger partial charge in [-0.3, -0.25) is 10.1 Å². The Morgan fingerprint density at radius 3 is 1.83 bits per heavy atom. The molecule has 0 aliphatic carbocycles. The molecule has 0 unspecified atom stereocenters. The van der Waals surface area contributed by atoms with Crippen LogP contribution in [-0.4, -0.2) is 18.6 Å². The minimum Gasteiger partial charge on any atom is -0.496 e. The summed E-state index contributed by atoms with van der Waals surface area (Å²) in [5, 5.41) is 11.5. The van der Waals surface area contributed by atoms with E-state index in [2.05, 4.69) is 0 Å². The summed E-state index contributed by atoms with van der Waals surface area (Å²) in [6, 6.07) is 23.6. The fraction of sp³-hybridized carbons (Fsp3) is 0.143. The van der Waals surface area contributed by atoms with Gasteiger partial charge in [0.15, 0.2) is 5.66 Å². The Labute approximate surface area is 168 Å². The van der Waals surface area contributed by atoms with Crippen molar-refractivity contribution in [1.82, 2.24) is 0 Å². The molecular weight excluding hydrogens is 393 g/mol. The number of methoxy groups -OCH3 is 1. The number of ether oxygens (including phenoxy) is 1. The highest BCUT2D eigenvalue weighted by atomic mass is 31.2. The lowest BCUT2D eigenvalue weighted by atomic mass is 10.1. The first-order valence-corrected chi connectivity index (χ1v) is 10.5. The van der Waals surface area contributed by atoms with Crippen molar-refractivity contribution < 1.29 is 23.3 Å². The van der Waals surface area contributed by atoms with Crippen molar-refractivity contribution in [3.8, 4) is 17.2 Å². The Kier molecular flexibility index (Phi) is 6.52. The maximum absolute atomic E-state index is 14.1. The van der Waals surface area contributed by atoms with Gasteiger partial charge in [0.1, 0.15) is 17.2 Å². The number of nitro groups is 1. The molecule has 0 aliphatic rings. The van der Waals surface area contributed by atoms with Crippen LogP contribution in [0, 0.1) is 10.1 Å². The van der Waals surface area contributed by atoms with Gasteiger partial charge >= 0.3 is 7.60 Å². The summed E-state index contributed by atoms with van der Waals surface area (Å²) in [4.78, 5) is 10.9. The van der Waals surface area contributed by atoms with E-state index in [4.69, 9.17) is 13.8 Å². The van der Waals surface area contributed by atoms with E-state index in [1.54, 1.807) is 84.9 Å². The van der Waals surface area contributed by atoms with E-state index in [9.17, 15) is 14.7 Å². The van der Waals surface area contributed by atoms with Crippen molar-refractivity contribution in [3.63, 3.8) is 0 Å². The molecule has 0 bridgehead atoms. The molecule has 8 heteroatoms. The molecule has 0 spiro atoms. The van der Waals surface area contributed by atoms with Crippen LogP contribution in [0.3, 0.4) is 0 Å². The van der Waals surface area contributed by atoms with E-state index in [0.717, 1.165) is 0 Å². The predicted molar refractivity (Wildman–Crippen MR) is 109 cm³/mol. The molecular formula is C21H20NO6P. The summed E-state index contributed by atoms with van der Waals surface area (Å²) in [7, 11) is -2.66. The molecule has 3 aromatic carbocycles. The monoisotopic (exact) mass is 413 g/mol. The van der Waals surface area contributed by atoms with Crippen molar-refractivity contribution in [2.45, 2.75) is 5.66 Å². The topological polar surface area (TPSA) is 87.9 Å². The third-order valence-corrected chi connectivity index (χ3v) is 6.29. The zero-order valence-corrected chi connectivity index (χ0v) is 16.6. The zero-order chi connectivity index (χ0) is 20.7. The molecule has 29 heavy (non-hydrogen) atoms. The van der Waals surface area contributed by atoms with Gasteiger partial charge in [-0.2, -0.15) is 0 Å². The van der Waals surface area contributed by atoms with E-state index in [0.29, 0.717) is 11.3 Å². The third-order valence-electron chi connectivity index (χ3n) is 4.15. The second-order valence-corrected chi connectivity index (χ2v) is 8.19. The lowest BCUT2D eigenvalue weighted by Crippen LogP contribution is -2.19. The minimum atomic E-state index is -4.11. The van der Waals surface area contributed by atoms with Gasteiger partial charge in [-0.1, -0.05) is 54.6 Å². The number of rotatable bonds is 9. The normalized spacial score (nSPS) is 12.0. The van der Waals surface area contributed by atoms with Crippen molar-refractivity contribution in [3.05, 3.63) is 101 Å². The SMILES string of the molecule is COc1ccccc1[C@H](C[N+](=O)[O-])P(=O)(Oc1ccccc1)Oc1ccccc1. The highest BCUT2D eigenvalue weighted by Crippen LogP contribution is 2.61. The molecule has 0 N–H and O–H groups in total. The lowest BCUT2D eigenvalue weighted by Gasteiger charge is -2.26. The molecule has 1 atom stereocenters. The summed E-state index contributed by atoms with van der Waals surface area (Å²) >= 11 is 0. The van der Waals surface area contributed by atoms with E-state index in [1.165, 1.54) is 7.11 Å². The minimum absolute atomic E-state index is 0.287. The van der Waals surface area contributed by atoms with Crippen molar-refractivity contribution in [2.75, 3.05) is 13.7 Å². The quantitative estimate of drug-likeness (QED) is 0.266. The maximum atomic E-state index is 14.1. The van der Waals surface area contributed by atoms with Gasteiger partial charge in [-0.25, -0.2) is 4.57 Å². The first-order valence-electron chi connectivity index (χ1n) is 8.85. The van der Waals surface area contributed by atoms with Gasteiger partial charge in [0.25, 0.3) is 0 Å². The number of hydrogen-bond donors (Lipinski definition) is 0. The Morgan fingerprint density at radius 1 is 0.862 bits per heavy atom. The van der Waals surface area contributed by atoms with Crippen LogP contribution >= 0.6 is 7.60 Å². The molecule has 3 rings (SSSR count). The van der Waals surface area contributed by atoms with E-state index < -0.39 is 24.7 Å². The van der Waals surface area contributed by atoms with Gasteiger partial charge in [0.05, 0.1) is 7.11 Å². The Bertz CT molecular complexity index is 951. The number of hydrogen-bond acceptors (Lipinski definition) is 6. The molecule has 0 saturated carbocycles. The smallest absolute Gasteiger partial charge is 0.445 e. The van der Waals surface area contributed by atoms with Crippen LogP contribution in [0.25, 0.3) is 0 Å². The molecule has 0 saturated heterocycles. The summed E-state index contributed by atoms with van der Waals surface area (Å²) in [6.45, 7) is -0.655. The summed E-state index contributed by atoms with van der Waals surface area (Å²) in [6.07, 6.45) is 0. The van der Waals surface area contributed by atoms with Crippen LogP contribution in [-0.2, 0) is 4.57 Å². The first kappa shape index (κ1) is 20.4. The second-order valence-electron chi connectivity index (χ2n) is 6.12. The molecule has 0 radical (unpaired) electrons. The summed E-state index contributed by atoms with van der Waals surface area (Å²) in [5.74, 6) is 0.943. The Balaban J connectivity index is 2.11. The molecule has 150 valence electrons. The molecule has 0 fully saturated rings. The highest BCUT2D eigenvalue weighted by Gasteiger charge is 2.45. The Hall–Kier alpha value is -3.31. The zero-order valence-electron chi connectivity index (χ0n) is 15.7. The van der Waals surface area contributed by atoms with Gasteiger partial charge in [-0.05, 0) is 30.3 Å². The third kappa shape index (κ3) is 5.15. The molecule has 0 aliphatic heterocycles. The highest BCUT2D eigenvalue weighted by molar-refractivity contribution is 7.55. The van der Waals surface area contributed by atoms with Gasteiger partial charge in [0, 0.05) is 10.5 Å². The fourth-order valence-corrected chi connectivity index (χ4v) is 4.86. The van der Waals surface area contributed by atoms with Crippen LogP contribution in [0.1, 0.15) is 11.2 Å². The van der Waals surface area contributed by atoms with E-state index >= 15 is 0 Å². The standard InChI is InChI=1S/C21H20NO6P/c1-26-20-15-9-8-14-19(20)21(16-22(23)24)29(25,27-17-10-4-2-5-11-17)28-18-12-6-3-7-13-18/h2-15,21H,16H2,1H3/t21-/m0/s1. The fourth-order valence-electron chi connectivity index (χ4n) is 2.85. The second kappa shape index (κ2) is 9.26. The van der Waals surface area contributed by atoms with Gasteiger partial charge in [-0.15, -0.1) is 0 Å². The molecule has 0 aromatic heterocycles. The van der Waals surface area contributed by atoms with E-state index in [-0.39, 0.29) is 11.5 Å². The van der Waals surface area contributed by atoms with Gasteiger partial charge < -0.3 is 13.8 Å². The molecule has 7 nitrogen and oxygen atoms in total. The lowest BCUT2D eigenvalue weighted by molar-refractivity contribution is -0.480. The van der Waals surface area contributed by atoms with Crippen molar-refractivity contribution >= 4 is 7.60 Å². The average Bonchev–Trinajstić information content (AvgIpc) is 2.73.